The summed E-state index contributed by atoms with van der Waals surface area (Å²) in [4.78, 5) is 4.73. The zero-order valence-electron chi connectivity index (χ0n) is 11.8. The second kappa shape index (κ2) is 4.64. The molecule has 2 N–H and O–H groups in total. The van der Waals surface area contributed by atoms with Crippen molar-refractivity contribution in [2.24, 2.45) is 10.7 Å². The van der Waals surface area contributed by atoms with Gasteiger partial charge in [-0.2, -0.15) is 0 Å². The number of benzene rings is 2. The fraction of sp³-hybridized carbons (Fsp3) is 0.167. The van der Waals surface area contributed by atoms with Gasteiger partial charge >= 0.3 is 0 Å². The van der Waals surface area contributed by atoms with Gasteiger partial charge in [0.15, 0.2) is 0 Å². The predicted octanol–water partition coefficient (Wildman–Crippen LogP) is 4.05. The first-order valence-electron chi connectivity index (χ1n) is 6.80. The molecule has 0 bridgehead atoms. The van der Waals surface area contributed by atoms with E-state index >= 15 is 0 Å². The van der Waals surface area contributed by atoms with E-state index in [2.05, 4.69) is 32.0 Å². The molecule has 1 aliphatic rings. The van der Waals surface area contributed by atoms with E-state index in [0.29, 0.717) is 0 Å². The van der Waals surface area contributed by atoms with Gasteiger partial charge in [0.25, 0.3) is 0 Å². The fourth-order valence-electron chi connectivity index (χ4n) is 2.58. The Morgan fingerprint density at radius 2 is 1.65 bits per heavy atom. The van der Waals surface area contributed by atoms with Gasteiger partial charge in [-0.1, -0.05) is 62.4 Å². The molecular weight excluding hydrogens is 244 g/mol. The van der Waals surface area contributed by atoms with Gasteiger partial charge in [0.05, 0.1) is 11.4 Å². The van der Waals surface area contributed by atoms with Gasteiger partial charge in [0, 0.05) is 11.1 Å². The molecular formula is C18H18N2. The van der Waals surface area contributed by atoms with E-state index in [1.54, 1.807) is 0 Å². The summed E-state index contributed by atoms with van der Waals surface area (Å²) in [5.41, 5.74) is 11.2. The van der Waals surface area contributed by atoms with Crippen LogP contribution in [0.15, 0.2) is 65.7 Å². The molecule has 0 aromatic heterocycles. The van der Waals surface area contributed by atoms with Crippen molar-refractivity contribution < 1.29 is 0 Å². The van der Waals surface area contributed by atoms with Gasteiger partial charge in [-0.3, -0.25) is 4.99 Å². The molecule has 2 aromatic carbocycles. The number of allylic oxidation sites excluding steroid dienone is 1. The molecule has 0 aliphatic carbocycles. The molecule has 1 heterocycles. The largest absolute Gasteiger partial charge is 0.398 e. The van der Waals surface area contributed by atoms with Crippen LogP contribution in [0.1, 0.15) is 25.0 Å². The summed E-state index contributed by atoms with van der Waals surface area (Å²) in [6.45, 7) is 4.37. The highest BCUT2D eigenvalue weighted by Gasteiger charge is 2.33. The van der Waals surface area contributed by atoms with Crippen LogP contribution < -0.4 is 5.73 Å². The van der Waals surface area contributed by atoms with E-state index in [9.17, 15) is 0 Å². The van der Waals surface area contributed by atoms with Crippen LogP contribution in [0, 0.1) is 0 Å². The third-order valence-corrected chi connectivity index (χ3v) is 3.86. The molecule has 0 fully saturated rings. The average Bonchev–Trinajstić information content (AvgIpc) is 2.72. The summed E-state index contributed by atoms with van der Waals surface area (Å²) < 4.78 is 0. The zero-order chi connectivity index (χ0) is 14.2. The molecule has 0 spiro atoms. The fourth-order valence-corrected chi connectivity index (χ4v) is 2.58. The zero-order valence-corrected chi connectivity index (χ0v) is 11.8. The van der Waals surface area contributed by atoms with Crippen molar-refractivity contribution in [2.75, 3.05) is 0 Å². The molecule has 0 radical (unpaired) electrons. The molecule has 3 rings (SSSR count). The standard InChI is InChI=1S/C18H18N2/c1-18(2)14-10-6-7-11-16(14)20-17(18)12-15(19)13-8-4-3-5-9-13/h3-12H,19H2,1-2H3/b15-12-. The first-order chi connectivity index (χ1) is 9.59. The first-order valence-corrected chi connectivity index (χ1v) is 6.80. The Morgan fingerprint density at radius 1 is 1.00 bits per heavy atom. The Hall–Kier alpha value is -2.35. The number of rotatable bonds is 2. The minimum absolute atomic E-state index is 0.101. The summed E-state index contributed by atoms with van der Waals surface area (Å²) in [6.07, 6.45) is 2.00. The summed E-state index contributed by atoms with van der Waals surface area (Å²) in [7, 11) is 0. The normalized spacial score (nSPS) is 16.7. The highest BCUT2D eigenvalue weighted by Crippen LogP contribution is 2.40. The Bertz CT molecular complexity index is 694. The van der Waals surface area contributed by atoms with Crippen molar-refractivity contribution in [1.29, 1.82) is 0 Å². The second-order valence-electron chi connectivity index (χ2n) is 5.60. The molecule has 2 nitrogen and oxygen atoms in total. The third-order valence-electron chi connectivity index (χ3n) is 3.86. The van der Waals surface area contributed by atoms with Gasteiger partial charge in [0.2, 0.25) is 0 Å². The number of nitrogens with two attached hydrogens (primary N) is 1. The SMILES string of the molecule is CC1(C)C(/C=C(\N)c2ccccc2)=Nc2ccccc21. The highest BCUT2D eigenvalue weighted by atomic mass is 14.8. The quantitative estimate of drug-likeness (QED) is 0.871. The molecule has 0 saturated heterocycles. The Morgan fingerprint density at radius 3 is 2.35 bits per heavy atom. The lowest BCUT2D eigenvalue weighted by atomic mass is 9.81. The van der Waals surface area contributed by atoms with Crippen LogP contribution in [0.25, 0.3) is 5.70 Å². The molecule has 100 valence electrons. The van der Waals surface area contributed by atoms with E-state index in [4.69, 9.17) is 10.7 Å². The predicted molar refractivity (Wildman–Crippen MR) is 85.2 cm³/mol. The maximum Gasteiger partial charge on any atom is 0.0674 e. The van der Waals surface area contributed by atoms with Crippen molar-refractivity contribution in [3.63, 3.8) is 0 Å². The van der Waals surface area contributed by atoms with E-state index < -0.39 is 0 Å². The smallest absolute Gasteiger partial charge is 0.0674 e. The summed E-state index contributed by atoms with van der Waals surface area (Å²) >= 11 is 0. The first kappa shape index (κ1) is 12.7. The lowest BCUT2D eigenvalue weighted by molar-refractivity contribution is 0.740. The minimum atomic E-state index is -0.101. The van der Waals surface area contributed by atoms with Gasteiger partial charge in [0.1, 0.15) is 0 Å². The Kier molecular flexibility index (Phi) is 2.94. The highest BCUT2D eigenvalue weighted by molar-refractivity contribution is 6.11. The van der Waals surface area contributed by atoms with Gasteiger partial charge in [-0.25, -0.2) is 0 Å². The number of fused-ring (bicyclic) bond motifs is 1. The van der Waals surface area contributed by atoms with Crippen molar-refractivity contribution in [3.05, 3.63) is 71.8 Å². The number of nitrogens with zero attached hydrogens (tertiary/aromatic N) is 1. The van der Waals surface area contributed by atoms with Crippen LogP contribution >= 0.6 is 0 Å². The van der Waals surface area contributed by atoms with Crippen LogP contribution in [0.3, 0.4) is 0 Å². The Balaban J connectivity index is 2.01. The van der Waals surface area contributed by atoms with Crippen molar-refractivity contribution in [1.82, 2.24) is 0 Å². The maximum absolute atomic E-state index is 6.21. The number of hydrogen-bond donors (Lipinski definition) is 1. The van der Waals surface area contributed by atoms with Crippen molar-refractivity contribution in [3.8, 4) is 0 Å². The van der Waals surface area contributed by atoms with Crippen LogP contribution in [0.5, 0.6) is 0 Å². The van der Waals surface area contributed by atoms with Crippen LogP contribution in [-0.4, -0.2) is 5.71 Å². The van der Waals surface area contributed by atoms with E-state index in [1.807, 2.05) is 42.5 Å². The molecule has 0 saturated carbocycles. The van der Waals surface area contributed by atoms with Crippen LogP contribution in [0.4, 0.5) is 5.69 Å². The molecule has 0 atom stereocenters. The lowest BCUT2D eigenvalue weighted by Crippen LogP contribution is -2.24. The summed E-state index contributed by atoms with van der Waals surface area (Å²) in [5.74, 6) is 0. The molecule has 2 heteroatoms. The molecule has 1 aliphatic heterocycles. The van der Waals surface area contributed by atoms with Crippen molar-refractivity contribution in [2.45, 2.75) is 19.3 Å². The number of aliphatic imine (C=N–C) groups is 1. The third kappa shape index (κ3) is 2.03. The maximum atomic E-state index is 6.21. The molecule has 0 amide bonds. The minimum Gasteiger partial charge on any atom is -0.398 e. The van der Waals surface area contributed by atoms with Gasteiger partial charge < -0.3 is 5.73 Å². The molecule has 20 heavy (non-hydrogen) atoms. The lowest BCUT2D eigenvalue weighted by Gasteiger charge is -2.20. The Labute approximate surface area is 119 Å². The number of hydrogen-bond acceptors (Lipinski definition) is 2. The van der Waals surface area contributed by atoms with Crippen LogP contribution in [-0.2, 0) is 5.41 Å². The van der Waals surface area contributed by atoms with E-state index in [0.717, 1.165) is 22.7 Å². The monoisotopic (exact) mass is 262 g/mol. The van der Waals surface area contributed by atoms with Gasteiger partial charge in [-0.05, 0) is 23.3 Å². The topological polar surface area (TPSA) is 38.4 Å². The van der Waals surface area contributed by atoms with Crippen LogP contribution in [0.2, 0.25) is 0 Å². The molecule has 0 unspecified atom stereocenters. The summed E-state index contributed by atoms with van der Waals surface area (Å²) in [6, 6.07) is 18.3. The van der Waals surface area contributed by atoms with E-state index in [-0.39, 0.29) is 5.41 Å². The van der Waals surface area contributed by atoms with E-state index in [1.165, 1.54) is 5.56 Å². The summed E-state index contributed by atoms with van der Waals surface area (Å²) in [5, 5.41) is 0. The number of para-hydroxylation sites is 1. The van der Waals surface area contributed by atoms with Crippen molar-refractivity contribution >= 4 is 17.1 Å². The average molecular weight is 262 g/mol. The molecule has 2 aromatic rings. The van der Waals surface area contributed by atoms with Gasteiger partial charge in [-0.15, -0.1) is 0 Å². The second-order valence-corrected chi connectivity index (χ2v) is 5.60.